The Hall–Kier alpha value is -1.97. The third-order valence-electron chi connectivity index (χ3n) is 1.87. The van der Waals surface area contributed by atoms with Crippen molar-refractivity contribution in [3.05, 3.63) is 47.8 Å². The summed E-state index contributed by atoms with van der Waals surface area (Å²) in [5, 5.41) is 0. The molecular weight excluding hydrogens is 178 g/mol. The van der Waals surface area contributed by atoms with Crippen molar-refractivity contribution in [1.82, 2.24) is 15.0 Å². The lowest BCUT2D eigenvalue weighted by molar-refractivity contribution is 0.111. The van der Waals surface area contributed by atoms with Crippen LogP contribution in [0, 0.1) is 0 Å². The average Bonchev–Trinajstić information content (AvgIpc) is 2.67. The second-order valence-electron chi connectivity index (χ2n) is 2.94. The van der Waals surface area contributed by atoms with Crippen LogP contribution in [-0.4, -0.2) is 21.2 Å². The van der Waals surface area contributed by atoms with Gasteiger partial charge in [-0.2, -0.15) is 0 Å². The first kappa shape index (κ1) is 8.62. The number of H-pyrrole nitrogens is 1. The fourth-order valence-electron chi connectivity index (χ4n) is 1.22. The third-order valence-corrected chi connectivity index (χ3v) is 1.87. The highest BCUT2D eigenvalue weighted by molar-refractivity contribution is 5.71. The molecule has 1 N–H and O–H groups in total. The molecule has 0 saturated heterocycles. The summed E-state index contributed by atoms with van der Waals surface area (Å²) in [5.74, 6) is 0.778. The minimum Gasteiger partial charge on any atom is -0.340 e. The zero-order valence-corrected chi connectivity index (χ0v) is 7.47. The lowest BCUT2D eigenvalue weighted by Crippen LogP contribution is -1.91. The number of nitrogens with zero attached hydrogens (tertiary/aromatic N) is 2. The lowest BCUT2D eigenvalue weighted by Gasteiger charge is -1.95. The molecule has 0 aliphatic carbocycles. The Morgan fingerprint density at radius 3 is 3.00 bits per heavy atom. The Balaban J connectivity index is 2.15. The smallest absolute Gasteiger partial charge is 0.167 e. The number of carbonyl (C=O) groups excluding carboxylic acids is 1. The number of aldehydes is 1. The van der Waals surface area contributed by atoms with Gasteiger partial charge in [0, 0.05) is 18.8 Å². The van der Waals surface area contributed by atoms with Crippen LogP contribution in [0.4, 0.5) is 0 Å². The SMILES string of the molecule is O=Cc1cnc(Cc2cccnc2)[nH]1. The van der Waals surface area contributed by atoms with Crippen LogP contribution in [-0.2, 0) is 6.42 Å². The molecule has 0 fully saturated rings. The van der Waals surface area contributed by atoms with Crippen molar-refractivity contribution < 1.29 is 4.79 Å². The van der Waals surface area contributed by atoms with Crippen molar-refractivity contribution in [3.8, 4) is 0 Å². The molecule has 0 radical (unpaired) electrons. The van der Waals surface area contributed by atoms with Gasteiger partial charge in [0.05, 0.1) is 11.9 Å². The summed E-state index contributed by atoms with van der Waals surface area (Å²) < 4.78 is 0. The van der Waals surface area contributed by atoms with Gasteiger partial charge in [-0.3, -0.25) is 9.78 Å². The van der Waals surface area contributed by atoms with Gasteiger partial charge >= 0.3 is 0 Å². The van der Waals surface area contributed by atoms with Crippen LogP contribution in [0.25, 0.3) is 0 Å². The summed E-state index contributed by atoms with van der Waals surface area (Å²) in [6.45, 7) is 0. The molecule has 14 heavy (non-hydrogen) atoms. The van der Waals surface area contributed by atoms with E-state index in [0.29, 0.717) is 12.1 Å². The highest BCUT2D eigenvalue weighted by Gasteiger charge is 2.00. The summed E-state index contributed by atoms with van der Waals surface area (Å²) in [7, 11) is 0. The van der Waals surface area contributed by atoms with Crippen LogP contribution in [0.5, 0.6) is 0 Å². The Bertz CT molecular complexity index is 422. The summed E-state index contributed by atoms with van der Waals surface area (Å²) in [4.78, 5) is 21.4. The zero-order chi connectivity index (χ0) is 9.80. The Morgan fingerprint density at radius 1 is 1.43 bits per heavy atom. The molecule has 0 aliphatic rings. The normalized spacial score (nSPS) is 10.0. The van der Waals surface area contributed by atoms with Gasteiger partial charge in [-0.15, -0.1) is 0 Å². The molecule has 0 aliphatic heterocycles. The van der Waals surface area contributed by atoms with Crippen molar-refractivity contribution in [2.75, 3.05) is 0 Å². The summed E-state index contributed by atoms with van der Waals surface area (Å²) in [5.41, 5.74) is 1.57. The minimum atomic E-state index is 0.504. The molecule has 0 atom stereocenters. The van der Waals surface area contributed by atoms with Crippen LogP contribution in [0.2, 0.25) is 0 Å². The number of hydrogen-bond acceptors (Lipinski definition) is 3. The van der Waals surface area contributed by atoms with E-state index in [1.165, 1.54) is 6.20 Å². The monoisotopic (exact) mass is 187 g/mol. The van der Waals surface area contributed by atoms with Crippen LogP contribution in [0.3, 0.4) is 0 Å². The van der Waals surface area contributed by atoms with Crippen molar-refractivity contribution in [2.45, 2.75) is 6.42 Å². The number of aromatic amines is 1. The van der Waals surface area contributed by atoms with E-state index in [1.807, 2.05) is 12.1 Å². The topological polar surface area (TPSA) is 58.6 Å². The molecule has 2 aromatic heterocycles. The van der Waals surface area contributed by atoms with E-state index in [2.05, 4.69) is 15.0 Å². The molecule has 0 amide bonds. The molecule has 4 nitrogen and oxygen atoms in total. The molecule has 0 aromatic carbocycles. The minimum absolute atomic E-state index is 0.504. The van der Waals surface area contributed by atoms with E-state index in [4.69, 9.17) is 0 Å². The fraction of sp³-hybridized carbons (Fsp3) is 0.100. The number of pyridine rings is 1. The first-order chi connectivity index (χ1) is 6.88. The standard InChI is InChI=1S/C10H9N3O/c14-7-9-6-12-10(13-9)4-8-2-1-3-11-5-8/h1-3,5-7H,4H2,(H,12,13). The highest BCUT2D eigenvalue weighted by Crippen LogP contribution is 2.03. The second-order valence-corrected chi connectivity index (χ2v) is 2.94. The average molecular weight is 187 g/mol. The van der Waals surface area contributed by atoms with Crippen LogP contribution in [0.1, 0.15) is 21.9 Å². The maximum atomic E-state index is 10.4. The third kappa shape index (κ3) is 1.85. The summed E-state index contributed by atoms with van der Waals surface area (Å²) >= 11 is 0. The first-order valence-corrected chi connectivity index (χ1v) is 4.26. The molecule has 2 rings (SSSR count). The number of imidazole rings is 1. The van der Waals surface area contributed by atoms with Crippen molar-refractivity contribution in [1.29, 1.82) is 0 Å². The van der Waals surface area contributed by atoms with E-state index in [1.54, 1.807) is 12.4 Å². The van der Waals surface area contributed by atoms with Gasteiger partial charge in [-0.05, 0) is 11.6 Å². The van der Waals surface area contributed by atoms with Crippen molar-refractivity contribution in [2.24, 2.45) is 0 Å². The molecule has 0 unspecified atom stereocenters. The highest BCUT2D eigenvalue weighted by atomic mass is 16.1. The van der Waals surface area contributed by atoms with Crippen LogP contribution < -0.4 is 0 Å². The fourth-order valence-corrected chi connectivity index (χ4v) is 1.22. The van der Waals surface area contributed by atoms with Gasteiger partial charge in [0.15, 0.2) is 6.29 Å². The largest absolute Gasteiger partial charge is 0.340 e. The maximum absolute atomic E-state index is 10.4. The molecule has 4 heteroatoms. The van der Waals surface area contributed by atoms with Crippen molar-refractivity contribution >= 4 is 6.29 Å². The summed E-state index contributed by atoms with van der Waals surface area (Å²) in [6.07, 6.45) is 6.45. The molecule has 0 saturated carbocycles. The number of aromatic nitrogens is 3. The van der Waals surface area contributed by atoms with Gasteiger partial charge in [0.25, 0.3) is 0 Å². The van der Waals surface area contributed by atoms with Gasteiger partial charge in [-0.25, -0.2) is 4.98 Å². The zero-order valence-electron chi connectivity index (χ0n) is 7.47. The van der Waals surface area contributed by atoms with Gasteiger partial charge in [0.2, 0.25) is 0 Å². The maximum Gasteiger partial charge on any atom is 0.167 e. The van der Waals surface area contributed by atoms with E-state index in [-0.39, 0.29) is 0 Å². The second kappa shape index (κ2) is 3.83. The van der Waals surface area contributed by atoms with Crippen molar-refractivity contribution in [3.63, 3.8) is 0 Å². The molecule has 0 spiro atoms. The van der Waals surface area contributed by atoms with Gasteiger partial charge < -0.3 is 4.98 Å². The van der Waals surface area contributed by atoms with E-state index < -0.39 is 0 Å². The van der Waals surface area contributed by atoms with Crippen LogP contribution >= 0.6 is 0 Å². The molecule has 0 bridgehead atoms. The molecule has 70 valence electrons. The number of rotatable bonds is 3. The van der Waals surface area contributed by atoms with Gasteiger partial charge in [-0.1, -0.05) is 6.07 Å². The predicted octanol–water partition coefficient (Wildman–Crippen LogP) is 1.21. The Morgan fingerprint density at radius 2 is 2.36 bits per heavy atom. The molecule has 2 aromatic rings. The predicted molar refractivity (Wildman–Crippen MR) is 51.0 cm³/mol. The lowest BCUT2D eigenvalue weighted by atomic mass is 10.2. The number of carbonyl (C=O) groups is 1. The van der Waals surface area contributed by atoms with Gasteiger partial charge in [0.1, 0.15) is 5.82 Å². The van der Waals surface area contributed by atoms with E-state index in [9.17, 15) is 4.79 Å². The molecule has 2 heterocycles. The molecular formula is C10H9N3O. The number of hydrogen-bond donors (Lipinski definition) is 1. The van der Waals surface area contributed by atoms with E-state index >= 15 is 0 Å². The Labute approximate surface area is 81.0 Å². The van der Waals surface area contributed by atoms with Crippen LogP contribution in [0.15, 0.2) is 30.7 Å². The van der Waals surface area contributed by atoms with E-state index in [0.717, 1.165) is 17.7 Å². The number of nitrogens with one attached hydrogen (secondary N) is 1. The summed E-state index contributed by atoms with van der Waals surface area (Å²) in [6, 6.07) is 3.84. The quantitative estimate of drug-likeness (QED) is 0.734. The first-order valence-electron chi connectivity index (χ1n) is 4.26. The Kier molecular flexibility index (Phi) is 2.36.